The summed E-state index contributed by atoms with van der Waals surface area (Å²) in [5, 5.41) is 8.09. The van der Waals surface area contributed by atoms with Crippen LogP contribution < -0.4 is 5.32 Å². The number of nitrogens with zero attached hydrogens (tertiary/aromatic N) is 1. The number of H-pyrrole nitrogens is 1. The second kappa shape index (κ2) is 4.05. The van der Waals surface area contributed by atoms with Gasteiger partial charge in [0.05, 0.1) is 0 Å². The average Bonchev–Trinajstić information content (AvgIpc) is 2.95. The molecule has 2 rings (SSSR count). The van der Waals surface area contributed by atoms with Crippen LogP contribution >= 0.6 is 0 Å². The van der Waals surface area contributed by atoms with E-state index in [9.17, 15) is 18.0 Å². The number of carbonyl (C=O) groups is 1. The van der Waals surface area contributed by atoms with E-state index in [4.69, 9.17) is 0 Å². The lowest BCUT2D eigenvalue weighted by Crippen LogP contribution is -2.28. The summed E-state index contributed by atoms with van der Waals surface area (Å²) in [5.41, 5.74) is -1.70. The van der Waals surface area contributed by atoms with Crippen molar-refractivity contribution in [3.63, 3.8) is 0 Å². The topological polar surface area (TPSA) is 57.8 Å². The van der Waals surface area contributed by atoms with Gasteiger partial charge in [0.2, 0.25) is 0 Å². The van der Waals surface area contributed by atoms with E-state index >= 15 is 0 Å². The number of rotatable bonds is 3. The third-order valence-electron chi connectivity index (χ3n) is 2.69. The Morgan fingerprint density at radius 2 is 2.18 bits per heavy atom. The fraction of sp³-hybridized carbons (Fsp3) is 0.600. The maximum Gasteiger partial charge on any atom is 0.420 e. The quantitative estimate of drug-likeness (QED) is 0.856. The Bertz CT molecular complexity index is 434. The monoisotopic (exact) mass is 247 g/mol. The number of alkyl halides is 3. The third kappa shape index (κ3) is 2.59. The zero-order chi connectivity index (χ0) is 12.6. The van der Waals surface area contributed by atoms with Crippen LogP contribution in [0.3, 0.4) is 0 Å². The second-order valence-electron chi connectivity index (χ2n) is 4.22. The number of hydrogen-bond donors (Lipinski definition) is 2. The van der Waals surface area contributed by atoms with Gasteiger partial charge in [-0.3, -0.25) is 9.89 Å². The molecule has 94 valence electrons. The Morgan fingerprint density at radius 1 is 1.53 bits per heavy atom. The largest absolute Gasteiger partial charge is 0.420 e. The van der Waals surface area contributed by atoms with Gasteiger partial charge < -0.3 is 5.32 Å². The molecule has 7 heteroatoms. The summed E-state index contributed by atoms with van der Waals surface area (Å²) in [6.45, 7) is 1.66. The molecular weight excluding hydrogens is 235 g/mol. The van der Waals surface area contributed by atoms with Gasteiger partial charge in [-0.15, -0.1) is 0 Å². The molecule has 0 bridgehead atoms. The molecule has 0 aliphatic heterocycles. The van der Waals surface area contributed by atoms with E-state index in [0.29, 0.717) is 12.5 Å². The lowest BCUT2D eigenvalue weighted by molar-refractivity contribution is -0.138. The lowest BCUT2D eigenvalue weighted by atomic mass is 10.1. The highest BCUT2D eigenvalue weighted by molar-refractivity contribution is 5.94. The third-order valence-corrected chi connectivity index (χ3v) is 2.69. The summed E-state index contributed by atoms with van der Waals surface area (Å²) in [6, 6.07) is 0. The van der Waals surface area contributed by atoms with Crippen LogP contribution in [0.5, 0.6) is 0 Å². The maximum atomic E-state index is 12.7. The van der Waals surface area contributed by atoms with Gasteiger partial charge in [-0.2, -0.15) is 18.3 Å². The summed E-state index contributed by atoms with van der Waals surface area (Å²) in [6.07, 6.45) is -2.53. The predicted molar refractivity (Wildman–Crippen MR) is 53.4 cm³/mol. The van der Waals surface area contributed by atoms with Gasteiger partial charge in [-0.05, 0) is 25.7 Å². The number of aromatic amines is 1. The predicted octanol–water partition coefficient (Wildman–Crippen LogP) is 1.88. The molecule has 0 aromatic carbocycles. The highest BCUT2D eigenvalue weighted by Crippen LogP contribution is 2.33. The van der Waals surface area contributed by atoms with Crippen molar-refractivity contribution in [2.75, 3.05) is 6.54 Å². The van der Waals surface area contributed by atoms with Gasteiger partial charge in [0.25, 0.3) is 5.91 Å². The first kappa shape index (κ1) is 11.9. The fourth-order valence-electron chi connectivity index (χ4n) is 1.58. The van der Waals surface area contributed by atoms with Crippen molar-refractivity contribution in [1.82, 2.24) is 15.5 Å². The van der Waals surface area contributed by atoms with E-state index in [1.807, 2.05) is 0 Å². The molecule has 0 atom stereocenters. The Kier molecular flexibility index (Phi) is 2.84. The van der Waals surface area contributed by atoms with E-state index in [-0.39, 0.29) is 5.69 Å². The molecule has 1 aromatic heterocycles. The zero-order valence-corrected chi connectivity index (χ0v) is 9.19. The number of amides is 1. The van der Waals surface area contributed by atoms with E-state index < -0.39 is 23.3 Å². The molecule has 0 radical (unpaired) electrons. The second-order valence-corrected chi connectivity index (χ2v) is 4.22. The van der Waals surface area contributed by atoms with Crippen molar-refractivity contribution in [3.8, 4) is 0 Å². The molecule has 1 aliphatic rings. The van der Waals surface area contributed by atoms with E-state index in [1.165, 1.54) is 6.92 Å². The molecule has 0 unspecified atom stereocenters. The minimum atomic E-state index is -4.57. The minimum absolute atomic E-state index is 0.144. The summed E-state index contributed by atoms with van der Waals surface area (Å²) < 4.78 is 38.0. The number of nitrogens with one attached hydrogen (secondary N) is 2. The summed E-state index contributed by atoms with van der Waals surface area (Å²) in [5.74, 6) is -0.359. The molecule has 0 spiro atoms. The summed E-state index contributed by atoms with van der Waals surface area (Å²) >= 11 is 0. The molecule has 1 saturated carbocycles. The molecule has 1 aromatic rings. The molecule has 1 aliphatic carbocycles. The Balaban J connectivity index is 2.16. The van der Waals surface area contributed by atoms with Crippen LogP contribution in [-0.4, -0.2) is 22.6 Å². The first-order valence-corrected chi connectivity index (χ1v) is 5.30. The zero-order valence-electron chi connectivity index (χ0n) is 9.19. The van der Waals surface area contributed by atoms with Crippen molar-refractivity contribution in [2.24, 2.45) is 5.92 Å². The highest BCUT2D eigenvalue weighted by atomic mass is 19.4. The molecule has 1 amide bonds. The summed E-state index contributed by atoms with van der Waals surface area (Å²) in [4.78, 5) is 11.6. The van der Waals surface area contributed by atoms with E-state index in [1.54, 1.807) is 0 Å². The Morgan fingerprint density at radius 3 is 2.71 bits per heavy atom. The SMILES string of the molecule is Cc1[nH]nc(C(=O)NCC2CC2)c1C(F)(F)F. The highest BCUT2D eigenvalue weighted by Gasteiger charge is 2.39. The molecule has 2 N–H and O–H groups in total. The average molecular weight is 247 g/mol. The first-order chi connectivity index (χ1) is 7.89. The first-order valence-electron chi connectivity index (χ1n) is 5.30. The molecule has 17 heavy (non-hydrogen) atoms. The number of halogens is 3. The fourth-order valence-corrected chi connectivity index (χ4v) is 1.58. The van der Waals surface area contributed by atoms with Crippen LogP contribution in [0, 0.1) is 12.8 Å². The van der Waals surface area contributed by atoms with Crippen LogP contribution in [0.15, 0.2) is 0 Å². The van der Waals surface area contributed by atoms with Gasteiger partial charge >= 0.3 is 6.18 Å². The normalized spacial score (nSPS) is 16.0. The Labute approximate surface area is 95.6 Å². The van der Waals surface area contributed by atoms with E-state index in [2.05, 4.69) is 15.5 Å². The van der Waals surface area contributed by atoms with Crippen molar-refractivity contribution in [3.05, 3.63) is 17.0 Å². The van der Waals surface area contributed by atoms with Crippen LogP contribution in [0.1, 0.15) is 34.6 Å². The number of carbonyl (C=O) groups excluding carboxylic acids is 1. The summed E-state index contributed by atoms with van der Waals surface area (Å²) in [7, 11) is 0. The van der Waals surface area contributed by atoms with Crippen molar-refractivity contribution in [1.29, 1.82) is 0 Å². The molecule has 4 nitrogen and oxygen atoms in total. The molecular formula is C10H12F3N3O. The smallest absolute Gasteiger partial charge is 0.350 e. The number of hydrogen-bond acceptors (Lipinski definition) is 2. The number of aryl methyl sites for hydroxylation is 1. The molecule has 1 heterocycles. The van der Waals surface area contributed by atoms with Crippen LogP contribution in [0.4, 0.5) is 13.2 Å². The van der Waals surface area contributed by atoms with Crippen molar-refractivity contribution >= 4 is 5.91 Å². The van der Waals surface area contributed by atoms with Gasteiger partial charge in [0.15, 0.2) is 5.69 Å². The van der Waals surface area contributed by atoms with Gasteiger partial charge in [0.1, 0.15) is 5.56 Å². The molecule has 1 fully saturated rings. The lowest BCUT2D eigenvalue weighted by Gasteiger charge is -2.08. The van der Waals surface area contributed by atoms with Gasteiger partial charge in [0, 0.05) is 12.2 Å². The minimum Gasteiger partial charge on any atom is -0.350 e. The van der Waals surface area contributed by atoms with Gasteiger partial charge in [-0.25, -0.2) is 0 Å². The van der Waals surface area contributed by atoms with Crippen molar-refractivity contribution in [2.45, 2.75) is 25.9 Å². The Hall–Kier alpha value is -1.53. The van der Waals surface area contributed by atoms with E-state index in [0.717, 1.165) is 12.8 Å². The maximum absolute atomic E-state index is 12.7. The number of aromatic nitrogens is 2. The van der Waals surface area contributed by atoms with Gasteiger partial charge in [-0.1, -0.05) is 0 Å². The standard InChI is InChI=1S/C10H12F3N3O/c1-5-7(10(11,12)13)8(16-15-5)9(17)14-4-6-2-3-6/h6H,2-4H2,1H3,(H,14,17)(H,15,16). The molecule has 0 saturated heterocycles. The van der Waals surface area contributed by atoms with Crippen LogP contribution in [-0.2, 0) is 6.18 Å². The van der Waals surface area contributed by atoms with Crippen LogP contribution in [0.25, 0.3) is 0 Å². The van der Waals surface area contributed by atoms with Crippen LogP contribution in [0.2, 0.25) is 0 Å². The van der Waals surface area contributed by atoms with Crippen molar-refractivity contribution < 1.29 is 18.0 Å².